The van der Waals surface area contributed by atoms with Crippen molar-refractivity contribution in [3.63, 3.8) is 0 Å². The monoisotopic (exact) mass is 388 g/mol. The first-order valence-corrected chi connectivity index (χ1v) is 9.42. The van der Waals surface area contributed by atoms with Crippen LogP contribution in [-0.2, 0) is 19.5 Å². The number of nitrogens with zero attached hydrogens (tertiary/aromatic N) is 2. The Hall–Kier alpha value is -1.63. The fraction of sp³-hybridized carbons (Fsp3) is 0.600. The summed E-state index contributed by atoms with van der Waals surface area (Å²) in [5, 5.41) is 30.3. The second kappa shape index (κ2) is 6.51. The Labute approximate surface area is 150 Å². The quantitative estimate of drug-likeness (QED) is 0.524. The molecule has 0 aliphatic carbocycles. The molecular formula is C15H20N2O8S. The van der Waals surface area contributed by atoms with Crippen LogP contribution in [0.1, 0.15) is 13.8 Å². The molecule has 0 saturated carbocycles. The average Bonchev–Trinajstić information content (AvgIpc) is 3.06. The van der Waals surface area contributed by atoms with Crippen LogP contribution in [0.25, 0.3) is 0 Å². The highest BCUT2D eigenvalue weighted by atomic mass is 32.2. The second-order valence-electron chi connectivity index (χ2n) is 6.70. The van der Waals surface area contributed by atoms with E-state index in [9.17, 15) is 28.7 Å². The number of fused-ring (bicyclic) bond motifs is 1. The topological polar surface area (TPSA) is 139 Å². The van der Waals surface area contributed by atoms with E-state index in [-0.39, 0.29) is 17.1 Å². The summed E-state index contributed by atoms with van der Waals surface area (Å²) in [7, 11) is -4.09. The van der Waals surface area contributed by atoms with Crippen LogP contribution in [0.4, 0.5) is 5.69 Å². The predicted molar refractivity (Wildman–Crippen MR) is 87.7 cm³/mol. The number of sulfonamides is 1. The number of rotatable bonds is 5. The number of non-ortho nitro benzene ring substituents is 1. The number of benzene rings is 1. The third-order valence-corrected chi connectivity index (χ3v) is 6.36. The molecule has 1 aromatic carbocycles. The van der Waals surface area contributed by atoms with E-state index in [1.165, 1.54) is 0 Å². The summed E-state index contributed by atoms with van der Waals surface area (Å²) < 4.78 is 38.4. The van der Waals surface area contributed by atoms with Gasteiger partial charge in [-0.25, -0.2) is 8.42 Å². The van der Waals surface area contributed by atoms with Gasteiger partial charge in [-0.1, -0.05) is 0 Å². The molecule has 3 rings (SSSR count). The molecule has 0 aromatic heterocycles. The van der Waals surface area contributed by atoms with E-state index in [4.69, 9.17) is 9.47 Å². The summed E-state index contributed by atoms with van der Waals surface area (Å²) >= 11 is 0. The molecule has 0 unspecified atom stereocenters. The minimum Gasteiger partial charge on any atom is -0.394 e. The van der Waals surface area contributed by atoms with Crippen molar-refractivity contribution in [3.05, 3.63) is 34.4 Å². The van der Waals surface area contributed by atoms with Gasteiger partial charge >= 0.3 is 0 Å². The summed E-state index contributed by atoms with van der Waals surface area (Å²) in [5.74, 6) is -0.925. The van der Waals surface area contributed by atoms with Crippen molar-refractivity contribution in [2.24, 2.45) is 0 Å². The molecule has 11 heteroatoms. The zero-order valence-corrected chi connectivity index (χ0v) is 15.0. The number of nitro benzene ring substituents is 1. The molecule has 26 heavy (non-hydrogen) atoms. The van der Waals surface area contributed by atoms with Crippen molar-refractivity contribution in [2.45, 2.75) is 48.9 Å². The number of aliphatic hydroxyl groups excluding tert-OH is 2. The van der Waals surface area contributed by atoms with Gasteiger partial charge in [0.1, 0.15) is 12.2 Å². The lowest BCUT2D eigenvalue weighted by Gasteiger charge is -2.31. The van der Waals surface area contributed by atoms with E-state index in [1.807, 2.05) is 0 Å². The minimum absolute atomic E-state index is 0.0604. The standard InChI is InChI=1S/C15H20N2O8S/c1-15(2)24-12-7-16(13(11(19)8-18)14(12)25-15)26(22,23)10-5-3-9(4-6-10)17(20)21/h3-6,11-14,18-19H,7-8H2,1-2H3/t11-,12+,13-,14+/m0/s1. The highest BCUT2D eigenvalue weighted by Gasteiger charge is 2.57. The molecule has 2 aliphatic heterocycles. The zero-order valence-electron chi connectivity index (χ0n) is 14.2. The van der Waals surface area contributed by atoms with Crippen molar-refractivity contribution in [1.29, 1.82) is 0 Å². The SMILES string of the molecule is CC1(C)O[C@H]2[C@H]([C@@H](O)CO)N(S(=O)(=O)c3ccc([N+](=O)[O-])cc3)C[C@H]2O1. The molecular weight excluding hydrogens is 368 g/mol. The molecule has 0 spiro atoms. The number of hydrogen-bond donors (Lipinski definition) is 2. The molecule has 4 atom stereocenters. The smallest absolute Gasteiger partial charge is 0.269 e. The van der Waals surface area contributed by atoms with Crippen LogP contribution in [0.15, 0.2) is 29.2 Å². The first-order valence-electron chi connectivity index (χ1n) is 7.98. The lowest BCUT2D eigenvalue weighted by Crippen LogP contribution is -2.50. The van der Waals surface area contributed by atoms with Crippen LogP contribution in [0.2, 0.25) is 0 Å². The number of hydrogen-bond acceptors (Lipinski definition) is 8. The van der Waals surface area contributed by atoms with Gasteiger partial charge in [0.2, 0.25) is 10.0 Å². The molecule has 10 nitrogen and oxygen atoms in total. The Morgan fingerprint density at radius 1 is 1.35 bits per heavy atom. The first-order chi connectivity index (χ1) is 12.1. The molecule has 2 heterocycles. The van der Waals surface area contributed by atoms with Crippen molar-refractivity contribution < 1.29 is 33.0 Å². The average molecular weight is 388 g/mol. The molecule has 144 valence electrons. The highest BCUT2D eigenvalue weighted by Crippen LogP contribution is 2.40. The van der Waals surface area contributed by atoms with Crippen LogP contribution in [0, 0.1) is 10.1 Å². The Bertz CT molecular complexity index is 794. The van der Waals surface area contributed by atoms with Gasteiger partial charge in [0.15, 0.2) is 5.79 Å². The van der Waals surface area contributed by atoms with Gasteiger partial charge in [0.25, 0.3) is 5.69 Å². The number of aliphatic hydroxyl groups is 2. The Balaban J connectivity index is 1.94. The van der Waals surface area contributed by atoms with Crippen LogP contribution in [-0.4, -0.2) is 71.2 Å². The Morgan fingerprint density at radius 3 is 2.50 bits per heavy atom. The van der Waals surface area contributed by atoms with E-state index < -0.39 is 51.7 Å². The predicted octanol–water partition coefficient (Wildman–Crippen LogP) is -0.159. The second-order valence-corrected chi connectivity index (χ2v) is 8.60. The largest absolute Gasteiger partial charge is 0.394 e. The van der Waals surface area contributed by atoms with Gasteiger partial charge < -0.3 is 19.7 Å². The normalized spacial score (nSPS) is 29.5. The molecule has 2 N–H and O–H groups in total. The van der Waals surface area contributed by atoms with Crippen molar-refractivity contribution >= 4 is 15.7 Å². The van der Waals surface area contributed by atoms with Crippen LogP contribution in [0.3, 0.4) is 0 Å². The molecule has 2 fully saturated rings. The lowest BCUT2D eigenvalue weighted by molar-refractivity contribution is -0.384. The molecule has 0 radical (unpaired) electrons. The number of nitro groups is 1. The van der Waals surface area contributed by atoms with Crippen molar-refractivity contribution in [1.82, 2.24) is 4.31 Å². The van der Waals surface area contributed by atoms with Gasteiger partial charge in [-0.2, -0.15) is 4.31 Å². The molecule has 0 amide bonds. The summed E-state index contributed by atoms with van der Waals surface area (Å²) in [6, 6.07) is 3.42. The molecule has 0 bridgehead atoms. The summed E-state index contributed by atoms with van der Waals surface area (Å²) in [5.41, 5.74) is -0.234. The van der Waals surface area contributed by atoms with E-state index in [0.717, 1.165) is 28.6 Å². The first kappa shape index (κ1) is 19.1. The number of ether oxygens (including phenoxy) is 2. The summed E-state index contributed by atoms with van der Waals surface area (Å²) in [4.78, 5) is 9.96. The van der Waals surface area contributed by atoms with Crippen molar-refractivity contribution in [3.8, 4) is 0 Å². The maximum Gasteiger partial charge on any atom is 0.269 e. The van der Waals surface area contributed by atoms with E-state index in [0.29, 0.717) is 0 Å². The summed E-state index contributed by atoms with van der Waals surface area (Å²) in [6.07, 6.45) is -2.70. The lowest BCUT2D eigenvalue weighted by atomic mass is 10.1. The van der Waals surface area contributed by atoms with Gasteiger partial charge in [-0.3, -0.25) is 10.1 Å². The highest BCUT2D eigenvalue weighted by molar-refractivity contribution is 7.89. The van der Waals surface area contributed by atoms with Crippen LogP contribution >= 0.6 is 0 Å². The van der Waals surface area contributed by atoms with Gasteiger partial charge in [-0.05, 0) is 26.0 Å². The summed E-state index contributed by atoms with van der Waals surface area (Å²) in [6.45, 7) is 2.66. The van der Waals surface area contributed by atoms with E-state index in [1.54, 1.807) is 13.8 Å². The molecule has 2 aliphatic rings. The Morgan fingerprint density at radius 2 is 1.96 bits per heavy atom. The van der Waals surface area contributed by atoms with E-state index >= 15 is 0 Å². The zero-order chi connectivity index (χ0) is 19.3. The fourth-order valence-corrected chi connectivity index (χ4v) is 5.08. The van der Waals surface area contributed by atoms with Gasteiger partial charge in [0, 0.05) is 18.7 Å². The fourth-order valence-electron chi connectivity index (χ4n) is 3.41. The Kier molecular flexibility index (Phi) is 4.80. The van der Waals surface area contributed by atoms with Crippen LogP contribution in [0.5, 0.6) is 0 Å². The molecule has 2 saturated heterocycles. The minimum atomic E-state index is -4.09. The third kappa shape index (κ3) is 3.21. The maximum absolute atomic E-state index is 13.0. The molecule has 1 aromatic rings. The van der Waals surface area contributed by atoms with Crippen molar-refractivity contribution in [2.75, 3.05) is 13.2 Å². The van der Waals surface area contributed by atoms with E-state index in [2.05, 4.69) is 0 Å². The van der Waals surface area contributed by atoms with Gasteiger partial charge in [0.05, 0.1) is 28.6 Å². The van der Waals surface area contributed by atoms with Gasteiger partial charge in [-0.15, -0.1) is 0 Å². The third-order valence-electron chi connectivity index (χ3n) is 4.49. The maximum atomic E-state index is 13.0. The van der Waals surface area contributed by atoms with Crippen LogP contribution < -0.4 is 0 Å².